The Morgan fingerprint density at radius 2 is 1.90 bits per heavy atom. The second-order valence-corrected chi connectivity index (χ2v) is 6.96. The van der Waals surface area contributed by atoms with Crippen molar-refractivity contribution < 1.29 is 28.2 Å². The van der Waals surface area contributed by atoms with E-state index in [1.807, 2.05) is 0 Å². The van der Waals surface area contributed by atoms with Gasteiger partial charge in [0.05, 0.1) is 17.8 Å². The molecule has 0 bridgehead atoms. The van der Waals surface area contributed by atoms with E-state index in [0.29, 0.717) is 5.56 Å². The molecule has 0 radical (unpaired) electrons. The number of thiocarbonyl (C=S) groups is 1. The molecule has 2 aromatic rings. The van der Waals surface area contributed by atoms with Crippen molar-refractivity contribution in [3.8, 4) is 11.5 Å². The Kier molecular flexibility index (Phi) is 6.83. The number of hydrogen-bond donors (Lipinski definition) is 3. The van der Waals surface area contributed by atoms with Gasteiger partial charge in [-0.2, -0.15) is 0 Å². The van der Waals surface area contributed by atoms with Crippen LogP contribution in [0.1, 0.15) is 5.56 Å². The van der Waals surface area contributed by atoms with Gasteiger partial charge in [-0.3, -0.25) is 25.0 Å². The van der Waals surface area contributed by atoms with Crippen molar-refractivity contribution in [2.75, 3.05) is 19.0 Å². The first kappa shape index (κ1) is 22.2. The van der Waals surface area contributed by atoms with Gasteiger partial charge >= 0.3 is 0 Å². The monoisotopic (exact) mass is 463 g/mol. The van der Waals surface area contributed by atoms with Crippen LogP contribution in [0, 0.1) is 5.82 Å². The number of ether oxygens (including phenoxy) is 2. The van der Waals surface area contributed by atoms with Crippen molar-refractivity contribution in [1.82, 2.24) is 10.6 Å². The van der Waals surface area contributed by atoms with E-state index in [0.717, 1.165) is 0 Å². The predicted molar refractivity (Wildman–Crippen MR) is 115 cm³/mol. The summed E-state index contributed by atoms with van der Waals surface area (Å²) in [5, 5.41) is 7.01. The third-order valence-electron chi connectivity index (χ3n) is 4.00. The molecule has 3 rings (SSSR count). The smallest absolute Gasteiger partial charge is 0.263 e. The Hall–Kier alpha value is -3.50. The summed E-state index contributed by atoms with van der Waals surface area (Å²) in [6.07, 6.45) is 1.30. The Morgan fingerprint density at radius 3 is 2.55 bits per heavy atom. The zero-order valence-electron chi connectivity index (χ0n) is 16.0. The molecule has 1 heterocycles. The summed E-state index contributed by atoms with van der Waals surface area (Å²) >= 11 is 11.0. The van der Waals surface area contributed by atoms with Crippen LogP contribution in [0.25, 0.3) is 6.08 Å². The van der Waals surface area contributed by atoms with Crippen molar-refractivity contribution in [1.29, 1.82) is 0 Å². The molecule has 31 heavy (non-hydrogen) atoms. The van der Waals surface area contributed by atoms with Gasteiger partial charge in [-0.15, -0.1) is 0 Å². The number of rotatable bonds is 6. The summed E-state index contributed by atoms with van der Waals surface area (Å²) < 4.78 is 24.3. The third-order valence-corrected chi connectivity index (χ3v) is 4.49. The molecule has 3 N–H and O–H groups in total. The molecule has 0 saturated carbocycles. The molecule has 0 aromatic heterocycles. The number of amides is 3. The molecular weight excluding hydrogens is 449 g/mol. The fourth-order valence-electron chi connectivity index (χ4n) is 2.62. The molecule has 1 fully saturated rings. The lowest BCUT2D eigenvalue weighted by Crippen LogP contribution is -2.51. The maximum absolute atomic E-state index is 13.6. The fourth-order valence-corrected chi connectivity index (χ4v) is 3.08. The van der Waals surface area contributed by atoms with Gasteiger partial charge in [0.2, 0.25) is 0 Å². The van der Waals surface area contributed by atoms with Crippen molar-refractivity contribution in [3.63, 3.8) is 0 Å². The number of halogens is 2. The van der Waals surface area contributed by atoms with E-state index in [1.165, 1.54) is 43.5 Å². The zero-order chi connectivity index (χ0) is 22.5. The summed E-state index contributed by atoms with van der Waals surface area (Å²) in [7, 11) is 1.35. The summed E-state index contributed by atoms with van der Waals surface area (Å²) in [5.74, 6) is -2.29. The number of carbonyl (C=O) groups is 3. The minimum atomic E-state index is -0.658. The standard InChI is InChI=1S/C20H15ClFN3O5S/c1-29-15-8-10(6-11-18(27)24-20(31)25-19(11)28)7-12(21)17(15)30-9-16(26)23-14-5-3-2-4-13(14)22/h2-8H,9H2,1H3,(H,23,26)(H2,24,25,27,28,31). The molecule has 1 aliphatic heterocycles. The number of anilines is 1. The van der Waals surface area contributed by atoms with Gasteiger partial charge < -0.3 is 14.8 Å². The number of hydrogen-bond acceptors (Lipinski definition) is 6. The molecule has 1 aliphatic rings. The van der Waals surface area contributed by atoms with Crippen LogP contribution in [0.5, 0.6) is 11.5 Å². The van der Waals surface area contributed by atoms with Gasteiger partial charge in [0.25, 0.3) is 17.7 Å². The van der Waals surface area contributed by atoms with Gasteiger partial charge in [-0.1, -0.05) is 23.7 Å². The van der Waals surface area contributed by atoms with E-state index in [9.17, 15) is 18.8 Å². The first-order valence-corrected chi connectivity index (χ1v) is 9.50. The van der Waals surface area contributed by atoms with E-state index in [2.05, 4.69) is 16.0 Å². The van der Waals surface area contributed by atoms with E-state index in [-0.39, 0.29) is 32.9 Å². The lowest BCUT2D eigenvalue weighted by molar-refractivity contribution is -0.123. The van der Waals surface area contributed by atoms with Gasteiger partial charge in [-0.25, -0.2) is 4.39 Å². The second kappa shape index (κ2) is 9.54. The van der Waals surface area contributed by atoms with Crippen LogP contribution in [0.4, 0.5) is 10.1 Å². The van der Waals surface area contributed by atoms with Crippen LogP contribution in [-0.2, 0) is 14.4 Å². The maximum atomic E-state index is 13.6. The van der Waals surface area contributed by atoms with Crippen LogP contribution in [0.3, 0.4) is 0 Å². The van der Waals surface area contributed by atoms with Crippen LogP contribution in [0.15, 0.2) is 42.0 Å². The largest absolute Gasteiger partial charge is 0.493 e. The molecule has 8 nitrogen and oxygen atoms in total. The Morgan fingerprint density at radius 1 is 1.23 bits per heavy atom. The lowest BCUT2D eigenvalue weighted by Gasteiger charge is -2.17. The quantitative estimate of drug-likeness (QED) is 0.345. The molecule has 160 valence electrons. The molecular formula is C20H15ClFN3O5S. The molecule has 0 spiro atoms. The number of methoxy groups -OCH3 is 1. The molecule has 0 unspecified atom stereocenters. The van der Waals surface area contributed by atoms with E-state index >= 15 is 0 Å². The van der Waals surface area contributed by atoms with E-state index < -0.39 is 30.1 Å². The normalized spacial score (nSPS) is 13.3. The minimum Gasteiger partial charge on any atom is -0.493 e. The molecule has 0 atom stereocenters. The van der Waals surface area contributed by atoms with Crippen LogP contribution in [-0.4, -0.2) is 36.6 Å². The first-order valence-electron chi connectivity index (χ1n) is 8.71. The summed E-state index contributed by atoms with van der Waals surface area (Å²) in [4.78, 5) is 36.1. The molecule has 0 aliphatic carbocycles. The topological polar surface area (TPSA) is 106 Å². The third kappa shape index (κ3) is 5.36. The highest BCUT2D eigenvalue weighted by atomic mass is 35.5. The minimum absolute atomic E-state index is 0.0136. The second-order valence-electron chi connectivity index (χ2n) is 6.15. The van der Waals surface area contributed by atoms with E-state index in [1.54, 1.807) is 6.07 Å². The average Bonchev–Trinajstić information content (AvgIpc) is 2.71. The summed E-state index contributed by atoms with van der Waals surface area (Å²) in [6, 6.07) is 8.59. The van der Waals surface area contributed by atoms with Crippen molar-refractivity contribution in [2.24, 2.45) is 0 Å². The highest BCUT2D eigenvalue weighted by Gasteiger charge is 2.26. The highest BCUT2D eigenvalue weighted by Crippen LogP contribution is 2.37. The molecule has 11 heteroatoms. The van der Waals surface area contributed by atoms with E-state index in [4.69, 9.17) is 33.3 Å². The van der Waals surface area contributed by atoms with Crippen molar-refractivity contribution in [3.05, 3.63) is 58.4 Å². The Labute approximate surface area is 186 Å². The lowest BCUT2D eigenvalue weighted by atomic mass is 10.1. The Balaban J connectivity index is 1.77. The fraction of sp³-hybridized carbons (Fsp3) is 0.100. The van der Waals surface area contributed by atoms with Crippen molar-refractivity contribution >= 4 is 58.4 Å². The summed E-state index contributed by atoms with van der Waals surface area (Å²) in [6.45, 7) is -0.465. The van der Waals surface area contributed by atoms with Gasteiger partial charge in [0.15, 0.2) is 23.2 Å². The zero-order valence-corrected chi connectivity index (χ0v) is 17.5. The number of nitrogens with one attached hydrogen (secondary N) is 3. The summed E-state index contributed by atoms with van der Waals surface area (Å²) in [5.41, 5.74) is 0.211. The van der Waals surface area contributed by atoms with Crippen molar-refractivity contribution in [2.45, 2.75) is 0 Å². The van der Waals surface area contributed by atoms with Gasteiger partial charge in [0, 0.05) is 0 Å². The van der Waals surface area contributed by atoms with Gasteiger partial charge in [-0.05, 0) is 48.1 Å². The predicted octanol–water partition coefficient (Wildman–Crippen LogP) is 2.42. The number of carbonyl (C=O) groups excluding carboxylic acids is 3. The number of para-hydroxylation sites is 1. The maximum Gasteiger partial charge on any atom is 0.263 e. The molecule has 2 aromatic carbocycles. The number of benzene rings is 2. The Bertz CT molecular complexity index is 1100. The SMILES string of the molecule is COc1cc(C=C2C(=O)NC(=S)NC2=O)cc(Cl)c1OCC(=O)Nc1ccccc1F. The highest BCUT2D eigenvalue weighted by molar-refractivity contribution is 7.80. The van der Waals surface area contributed by atoms with Crippen LogP contribution in [0.2, 0.25) is 5.02 Å². The van der Waals surface area contributed by atoms with Gasteiger partial charge in [0.1, 0.15) is 11.4 Å². The van der Waals surface area contributed by atoms with Crippen LogP contribution >= 0.6 is 23.8 Å². The molecule has 1 saturated heterocycles. The average molecular weight is 464 g/mol. The van der Waals surface area contributed by atoms with Crippen LogP contribution < -0.4 is 25.4 Å². The molecule has 3 amide bonds. The first-order chi connectivity index (χ1) is 14.8.